The van der Waals surface area contributed by atoms with E-state index >= 15 is 0 Å². The SMILES string of the molecule is CN1C(=N)N[C@](C)(c2cccc(C#N)c2)[C@@H](c2ccc(N3CCCC3=O)cc2)C1=O. The van der Waals surface area contributed by atoms with Gasteiger partial charge in [0.05, 0.1) is 23.1 Å². The van der Waals surface area contributed by atoms with Crippen molar-refractivity contribution in [2.45, 2.75) is 31.2 Å². The van der Waals surface area contributed by atoms with Crippen LogP contribution in [0.3, 0.4) is 0 Å². The van der Waals surface area contributed by atoms with Crippen LogP contribution in [0.4, 0.5) is 5.69 Å². The third kappa shape index (κ3) is 3.11. The Morgan fingerprint density at radius 3 is 2.57 bits per heavy atom. The zero-order valence-corrected chi connectivity index (χ0v) is 17.0. The summed E-state index contributed by atoms with van der Waals surface area (Å²) < 4.78 is 0. The van der Waals surface area contributed by atoms with E-state index in [2.05, 4.69) is 11.4 Å². The van der Waals surface area contributed by atoms with Crippen LogP contribution < -0.4 is 10.2 Å². The van der Waals surface area contributed by atoms with Gasteiger partial charge in [0.2, 0.25) is 11.8 Å². The highest BCUT2D eigenvalue weighted by Gasteiger charge is 2.48. The molecule has 2 N–H and O–H groups in total. The molecule has 2 saturated heterocycles. The first-order valence-corrected chi connectivity index (χ1v) is 9.90. The number of carbonyl (C=O) groups is 2. The second kappa shape index (κ2) is 7.30. The van der Waals surface area contributed by atoms with Gasteiger partial charge in [0.1, 0.15) is 0 Å². The maximum atomic E-state index is 13.3. The molecule has 7 nitrogen and oxygen atoms in total. The van der Waals surface area contributed by atoms with E-state index < -0.39 is 11.5 Å². The molecule has 152 valence electrons. The van der Waals surface area contributed by atoms with Crippen LogP contribution in [-0.2, 0) is 15.1 Å². The van der Waals surface area contributed by atoms with Crippen LogP contribution in [0.15, 0.2) is 48.5 Å². The Morgan fingerprint density at radius 2 is 1.93 bits per heavy atom. The number of hydrogen-bond acceptors (Lipinski definition) is 4. The molecule has 2 aromatic carbocycles. The number of likely N-dealkylation sites (N-methyl/N-ethyl adjacent to an activating group) is 1. The Bertz CT molecular complexity index is 1070. The summed E-state index contributed by atoms with van der Waals surface area (Å²) in [4.78, 5) is 28.4. The normalized spacial score (nSPS) is 24.0. The molecule has 4 rings (SSSR count). The molecule has 2 atom stereocenters. The lowest BCUT2D eigenvalue weighted by molar-refractivity contribution is -0.131. The van der Waals surface area contributed by atoms with Crippen LogP contribution in [-0.4, -0.2) is 36.3 Å². The zero-order valence-electron chi connectivity index (χ0n) is 17.0. The van der Waals surface area contributed by atoms with Crippen LogP contribution in [0, 0.1) is 16.7 Å². The predicted octanol–water partition coefficient (Wildman–Crippen LogP) is 2.68. The van der Waals surface area contributed by atoms with Crippen LogP contribution in [0.2, 0.25) is 0 Å². The van der Waals surface area contributed by atoms with Crippen molar-refractivity contribution < 1.29 is 9.59 Å². The van der Waals surface area contributed by atoms with E-state index in [0.29, 0.717) is 18.5 Å². The van der Waals surface area contributed by atoms with Crippen molar-refractivity contribution in [2.24, 2.45) is 0 Å². The van der Waals surface area contributed by atoms with Crippen molar-refractivity contribution in [2.75, 3.05) is 18.5 Å². The maximum absolute atomic E-state index is 13.3. The maximum Gasteiger partial charge on any atom is 0.239 e. The van der Waals surface area contributed by atoms with Gasteiger partial charge in [0.25, 0.3) is 0 Å². The Labute approximate surface area is 175 Å². The van der Waals surface area contributed by atoms with E-state index in [0.717, 1.165) is 23.2 Å². The molecule has 0 radical (unpaired) electrons. The monoisotopic (exact) mass is 401 g/mol. The molecule has 2 amide bonds. The summed E-state index contributed by atoms with van der Waals surface area (Å²) in [6.07, 6.45) is 1.42. The van der Waals surface area contributed by atoms with Gasteiger partial charge < -0.3 is 10.2 Å². The fourth-order valence-electron chi connectivity index (χ4n) is 4.35. The first kappa shape index (κ1) is 19.6. The molecule has 0 aliphatic carbocycles. The van der Waals surface area contributed by atoms with Gasteiger partial charge in [-0.2, -0.15) is 5.26 Å². The molecule has 2 fully saturated rings. The summed E-state index contributed by atoms with van der Waals surface area (Å²) in [5.41, 5.74) is 1.96. The third-order valence-corrected chi connectivity index (χ3v) is 6.07. The minimum Gasteiger partial charge on any atom is -0.346 e. The lowest BCUT2D eigenvalue weighted by atomic mass is 9.73. The second-order valence-corrected chi connectivity index (χ2v) is 7.94. The van der Waals surface area contributed by atoms with E-state index in [1.165, 1.54) is 4.90 Å². The lowest BCUT2D eigenvalue weighted by Crippen LogP contribution is -2.62. The van der Waals surface area contributed by atoms with E-state index in [-0.39, 0.29) is 17.8 Å². The molecule has 2 heterocycles. The van der Waals surface area contributed by atoms with Gasteiger partial charge in [0.15, 0.2) is 5.96 Å². The number of rotatable bonds is 3. The standard InChI is InChI=1S/C23H23N5O2/c1-23(17-6-3-5-15(13-17)14-24)20(21(30)27(2)22(25)26-23)16-8-10-18(11-9-16)28-12-4-7-19(28)29/h3,5-6,8-11,13,20H,4,7,12H2,1-2H3,(H2,25,26)/t20-,23+/m0/s1. The summed E-state index contributed by atoms with van der Waals surface area (Å²) in [5.74, 6) is -0.674. The molecule has 2 aliphatic rings. The van der Waals surface area contributed by atoms with Gasteiger partial charge in [-0.15, -0.1) is 0 Å². The number of hydrogen-bond donors (Lipinski definition) is 2. The minimum atomic E-state index is -0.904. The molecule has 2 aliphatic heterocycles. The first-order valence-electron chi connectivity index (χ1n) is 9.90. The molecule has 0 aromatic heterocycles. The smallest absolute Gasteiger partial charge is 0.239 e. The number of nitrogens with zero attached hydrogens (tertiary/aromatic N) is 3. The molecule has 7 heteroatoms. The summed E-state index contributed by atoms with van der Waals surface area (Å²) in [6, 6.07) is 16.8. The number of benzene rings is 2. The molecule has 0 unspecified atom stereocenters. The number of amides is 2. The topological polar surface area (TPSA) is 100 Å². The van der Waals surface area contributed by atoms with Crippen molar-refractivity contribution in [1.82, 2.24) is 10.2 Å². The zero-order chi connectivity index (χ0) is 21.5. The van der Waals surface area contributed by atoms with Crippen molar-refractivity contribution in [3.05, 3.63) is 65.2 Å². The van der Waals surface area contributed by atoms with Gasteiger partial charge >= 0.3 is 0 Å². The second-order valence-electron chi connectivity index (χ2n) is 7.94. The summed E-state index contributed by atoms with van der Waals surface area (Å²) >= 11 is 0. The van der Waals surface area contributed by atoms with Gasteiger partial charge in [-0.1, -0.05) is 24.3 Å². The number of nitriles is 1. The Hall–Kier alpha value is -3.66. The Kier molecular flexibility index (Phi) is 4.78. The average molecular weight is 401 g/mol. The molecule has 0 saturated carbocycles. The van der Waals surface area contributed by atoms with E-state index in [9.17, 15) is 14.9 Å². The first-order chi connectivity index (χ1) is 14.3. The number of nitrogens with one attached hydrogen (secondary N) is 2. The number of anilines is 1. The minimum absolute atomic E-state index is 0.0143. The van der Waals surface area contributed by atoms with E-state index in [1.54, 1.807) is 30.1 Å². The third-order valence-electron chi connectivity index (χ3n) is 6.07. The van der Waals surface area contributed by atoms with Crippen LogP contribution in [0.5, 0.6) is 0 Å². The van der Waals surface area contributed by atoms with Crippen LogP contribution >= 0.6 is 0 Å². The largest absolute Gasteiger partial charge is 0.346 e. The predicted molar refractivity (Wildman–Crippen MR) is 113 cm³/mol. The van der Waals surface area contributed by atoms with Crippen LogP contribution in [0.1, 0.15) is 42.4 Å². The average Bonchev–Trinajstić information content (AvgIpc) is 3.18. The van der Waals surface area contributed by atoms with Crippen molar-refractivity contribution in [3.8, 4) is 6.07 Å². The lowest BCUT2D eigenvalue weighted by Gasteiger charge is -2.46. The van der Waals surface area contributed by atoms with Crippen molar-refractivity contribution in [3.63, 3.8) is 0 Å². The Morgan fingerprint density at radius 1 is 1.20 bits per heavy atom. The molecule has 2 aromatic rings. The quantitative estimate of drug-likeness (QED) is 0.826. The fourth-order valence-corrected chi connectivity index (χ4v) is 4.35. The van der Waals surface area contributed by atoms with Gasteiger partial charge in [-0.3, -0.25) is 19.9 Å². The van der Waals surface area contributed by atoms with Crippen LogP contribution in [0.25, 0.3) is 0 Å². The van der Waals surface area contributed by atoms with E-state index in [4.69, 9.17) is 5.41 Å². The van der Waals surface area contributed by atoms with E-state index in [1.807, 2.05) is 37.3 Å². The highest BCUT2D eigenvalue weighted by Crippen LogP contribution is 2.41. The van der Waals surface area contributed by atoms with Gasteiger partial charge in [0, 0.05) is 25.7 Å². The summed E-state index contributed by atoms with van der Waals surface area (Å²) in [5, 5.41) is 20.7. The molecule has 0 spiro atoms. The van der Waals surface area contributed by atoms with Gasteiger partial charge in [-0.05, 0) is 48.7 Å². The molecule has 30 heavy (non-hydrogen) atoms. The summed E-state index contributed by atoms with van der Waals surface area (Å²) in [6.45, 7) is 2.59. The highest BCUT2D eigenvalue weighted by atomic mass is 16.2. The van der Waals surface area contributed by atoms with Gasteiger partial charge in [-0.25, -0.2) is 0 Å². The van der Waals surface area contributed by atoms with Crippen molar-refractivity contribution >= 4 is 23.5 Å². The summed E-state index contributed by atoms with van der Waals surface area (Å²) in [7, 11) is 1.58. The fraction of sp³-hybridized carbons (Fsp3) is 0.304. The Balaban J connectivity index is 1.77. The molecular formula is C23H23N5O2. The molecule has 0 bridgehead atoms. The number of carbonyl (C=O) groups excluding carboxylic acids is 2. The highest BCUT2D eigenvalue weighted by molar-refractivity contribution is 6.03. The van der Waals surface area contributed by atoms with Crippen molar-refractivity contribution in [1.29, 1.82) is 10.7 Å². The molecular weight excluding hydrogens is 378 g/mol. The number of guanidine groups is 1.